The molecule has 1 N–H and O–H groups in total. The summed E-state index contributed by atoms with van der Waals surface area (Å²) in [4.78, 5) is 4.26. The molecule has 0 saturated heterocycles. The number of likely N-dealkylation sites (N-methyl/N-ethyl adjacent to an activating group) is 1. The Labute approximate surface area is 105 Å². The van der Waals surface area contributed by atoms with E-state index in [2.05, 4.69) is 10.3 Å². The highest BCUT2D eigenvalue weighted by Gasteiger charge is 2.16. The topological polar surface area (TPSA) is 24.9 Å². The standard InChI is InChI=1S/C13H15FN2S/c1-15-9-10(8-13-16-6-7-17-13)11-4-2-3-5-12(11)14/h2-7,10,15H,8-9H2,1H3. The summed E-state index contributed by atoms with van der Waals surface area (Å²) in [5, 5.41) is 6.12. The quantitative estimate of drug-likeness (QED) is 0.882. The second-order valence-electron chi connectivity index (χ2n) is 3.91. The van der Waals surface area contributed by atoms with Crippen molar-refractivity contribution in [3.8, 4) is 0 Å². The van der Waals surface area contributed by atoms with Crippen LogP contribution in [-0.2, 0) is 6.42 Å². The van der Waals surface area contributed by atoms with Crippen LogP contribution in [0, 0.1) is 5.82 Å². The number of nitrogens with zero attached hydrogens (tertiary/aromatic N) is 1. The van der Waals surface area contributed by atoms with E-state index in [9.17, 15) is 4.39 Å². The lowest BCUT2D eigenvalue weighted by atomic mass is 9.95. The fraction of sp³-hybridized carbons (Fsp3) is 0.308. The van der Waals surface area contributed by atoms with Gasteiger partial charge in [-0.05, 0) is 18.7 Å². The van der Waals surface area contributed by atoms with E-state index in [4.69, 9.17) is 0 Å². The van der Waals surface area contributed by atoms with Gasteiger partial charge in [0.2, 0.25) is 0 Å². The van der Waals surface area contributed by atoms with Crippen LogP contribution in [0.25, 0.3) is 0 Å². The highest BCUT2D eigenvalue weighted by molar-refractivity contribution is 7.09. The zero-order valence-corrected chi connectivity index (χ0v) is 10.5. The smallest absolute Gasteiger partial charge is 0.126 e. The van der Waals surface area contributed by atoms with Crippen LogP contribution in [0.5, 0.6) is 0 Å². The zero-order valence-electron chi connectivity index (χ0n) is 9.69. The minimum absolute atomic E-state index is 0.132. The number of nitrogens with one attached hydrogen (secondary N) is 1. The third kappa shape index (κ3) is 3.11. The summed E-state index contributed by atoms with van der Waals surface area (Å²) in [5.74, 6) is -0.00310. The molecule has 1 aromatic carbocycles. The van der Waals surface area contributed by atoms with Crippen molar-refractivity contribution < 1.29 is 4.39 Å². The number of hydrogen-bond donors (Lipinski definition) is 1. The van der Waals surface area contributed by atoms with E-state index in [1.165, 1.54) is 6.07 Å². The molecule has 2 rings (SSSR count). The lowest BCUT2D eigenvalue weighted by molar-refractivity contribution is 0.556. The highest BCUT2D eigenvalue weighted by Crippen LogP contribution is 2.23. The Hall–Kier alpha value is -1.26. The van der Waals surface area contributed by atoms with Gasteiger partial charge < -0.3 is 5.32 Å². The van der Waals surface area contributed by atoms with Crippen molar-refractivity contribution in [2.24, 2.45) is 0 Å². The molecule has 0 aliphatic heterocycles. The molecule has 4 heteroatoms. The summed E-state index contributed by atoms with van der Waals surface area (Å²) in [6.45, 7) is 0.751. The van der Waals surface area contributed by atoms with Crippen LogP contribution in [0.3, 0.4) is 0 Å². The molecule has 0 aliphatic carbocycles. The minimum atomic E-state index is -0.135. The first-order valence-corrected chi connectivity index (χ1v) is 6.46. The van der Waals surface area contributed by atoms with Gasteiger partial charge in [-0.2, -0.15) is 0 Å². The van der Waals surface area contributed by atoms with E-state index < -0.39 is 0 Å². The van der Waals surface area contributed by atoms with E-state index in [0.29, 0.717) is 0 Å². The summed E-state index contributed by atoms with van der Waals surface area (Å²) in [7, 11) is 1.88. The Kier molecular flexibility index (Phi) is 4.23. The lowest BCUT2D eigenvalue weighted by Crippen LogP contribution is -2.20. The summed E-state index contributed by atoms with van der Waals surface area (Å²) < 4.78 is 13.7. The average Bonchev–Trinajstić information content (AvgIpc) is 2.82. The van der Waals surface area contributed by atoms with Crippen molar-refractivity contribution in [1.82, 2.24) is 10.3 Å². The van der Waals surface area contributed by atoms with Crippen LogP contribution in [0.4, 0.5) is 4.39 Å². The summed E-state index contributed by atoms with van der Waals surface area (Å²) in [6, 6.07) is 6.96. The molecule has 0 radical (unpaired) electrons. The number of rotatable bonds is 5. The Morgan fingerprint density at radius 2 is 2.24 bits per heavy atom. The van der Waals surface area contributed by atoms with Gasteiger partial charge in [-0.15, -0.1) is 11.3 Å². The first-order valence-electron chi connectivity index (χ1n) is 5.58. The molecule has 2 nitrogen and oxygen atoms in total. The van der Waals surface area contributed by atoms with Crippen molar-refractivity contribution in [2.45, 2.75) is 12.3 Å². The van der Waals surface area contributed by atoms with Crippen molar-refractivity contribution in [3.05, 3.63) is 52.2 Å². The minimum Gasteiger partial charge on any atom is -0.319 e. The molecule has 1 atom stereocenters. The van der Waals surface area contributed by atoms with Gasteiger partial charge in [-0.1, -0.05) is 18.2 Å². The van der Waals surface area contributed by atoms with E-state index in [1.807, 2.05) is 24.6 Å². The Morgan fingerprint density at radius 1 is 1.41 bits per heavy atom. The summed E-state index contributed by atoms with van der Waals surface area (Å²) >= 11 is 1.62. The lowest BCUT2D eigenvalue weighted by Gasteiger charge is -2.16. The van der Waals surface area contributed by atoms with E-state index in [-0.39, 0.29) is 11.7 Å². The van der Waals surface area contributed by atoms with Crippen molar-refractivity contribution in [3.63, 3.8) is 0 Å². The number of aromatic nitrogens is 1. The van der Waals surface area contributed by atoms with Crippen LogP contribution < -0.4 is 5.32 Å². The number of hydrogen-bond acceptors (Lipinski definition) is 3. The predicted molar refractivity (Wildman–Crippen MR) is 68.9 cm³/mol. The fourth-order valence-corrected chi connectivity index (χ4v) is 2.61. The van der Waals surface area contributed by atoms with Crippen molar-refractivity contribution in [1.29, 1.82) is 0 Å². The molecule has 17 heavy (non-hydrogen) atoms. The van der Waals surface area contributed by atoms with Gasteiger partial charge in [-0.25, -0.2) is 9.37 Å². The number of halogens is 1. The average molecular weight is 250 g/mol. The molecule has 0 spiro atoms. The molecule has 0 fully saturated rings. The van der Waals surface area contributed by atoms with Gasteiger partial charge in [0.25, 0.3) is 0 Å². The molecule has 90 valence electrons. The first-order chi connectivity index (χ1) is 8.31. The van der Waals surface area contributed by atoms with Gasteiger partial charge in [0.15, 0.2) is 0 Å². The van der Waals surface area contributed by atoms with Crippen LogP contribution in [-0.4, -0.2) is 18.6 Å². The predicted octanol–water partition coefficient (Wildman–Crippen LogP) is 2.83. The third-order valence-electron chi connectivity index (χ3n) is 2.70. The number of thiazole rings is 1. The second-order valence-corrected chi connectivity index (χ2v) is 4.89. The Morgan fingerprint density at radius 3 is 2.88 bits per heavy atom. The molecular weight excluding hydrogens is 235 g/mol. The molecule has 1 aromatic heterocycles. The molecule has 0 aliphatic rings. The van der Waals surface area contributed by atoms with Crippen LogP contribution in [0.1, 0.15) is 16.5 Å². The molecule has 0 amide bonds. The van der Waals surface area contributed by atoms with Gasteiger partial charge in [-0.3, -0.25) is 0 Å². The maximum Gasteiger partial charge on any atom is 0.126 e. The maximum absolute atomic E-state index is 13.7. The van der Waals surface area contributed by atoms with Crippen molar-refractivity contribution >= 4 is 11.3 Å². The molecule has 2 aromatic rings. The SMILES string of the molecule is CNCC(Cc1nccs1)c1ccccc1F. The highest BCUT2D eigenvalue weighted by atomic mass is 32.1. The fourth-order valence-electron chi connectivity index (χ4n) is 1.91. The van der Waals surface area contributed by atoms with Gasteiger partial charge in [0.05, 0.1) is 5.01 Å². The van der Waals surface area contributed by atoms with Gasteiger partial charge >= 0.3 is 0 Å². The molecular formula is C13H15FN2S. The van der Waals surface area contributed by atoms with E-state index in [0.717, 1.165) is 23.5 Å². The van der Waals surface area contributed by atoms with Crippen LogP contribution in [0.15, 0.2) is 35.8 Å². The van der Waals surface area contributed by atoms with Crippen LogP contribution >= 0.6 is 11.3 Å². The zero-order chi connectivity index (χ0) is 12.1. The first kappa shape index (κ1) is 12.2. The largest absolute Gasteiger partial charge is 0.319 e. The van der Waals surface area contributed by atoms with Crippen molar-refractivity contribution in [2.75, 3.05) is 13.6 Å². The molecule has 1 heterocycles. The molecule has 0 bridgehead atoms. The third-order valence-corrected chi connectivity index (χ3v) is 3.50. The molecule has 0 saturated carbocycles. The Balaban J connectivity index is 2.20. The Bertz CT molecular complexity index is 456. The van der Waals surface area contributed by atoms with Gasteiger partial charge in [0, 0.05) is 30.5 Å². The monoisotopic (exact) mass is 250 g/mol. The van der Waals surface area contributed by atoms with Gasteiger partial charge in [0.1, 0.15) is 5.82 Å². The summed E-state index contributed by atoms with van der Waals surface area (Å²) in [6.07, 6.45) is 2.57. The van der Waals surface area contributed by atoms with E-state index >= 15 is 0 Å². The number of benzene rings is 1. The summed E-state index contributed by atoms with van der Waals surface area (Å²) in [5.41, 5.74) is 0.761. The maximum atomic E-state index is 13.7. The van der Waals surface area contributed by atoms with E-state index in [1.54, 1.807) is 23.6 Å². The molecule has 1 unspecified atom stereocenters. The van der Waals surface area contributed by atoms with Crippen LogP contribution in [0.2, 0.25) is 0 Å². The normalized spacial score (nSPS) is 12.6. The second kappa shape index (κ2) is 5.89.